The van der Waals surface area contributed by atoms with Gasteiger partial charge in [-0.1, -0.05) is 13.3 Å². The summed E-state index contributed by atoms with van der Waals surface area (Å²) in [6.07, 6.45) is 3.50. The van der Waals surface area contributed by atoms with Gasteiger partial charge in [0.2, 0.25) is 15.9 Å². The number of piperidine rings is 1. The second kappa shape index (κ2) is 7.85. The highest BCUT2D eigenvalue weighted by molar-refractivity contribution is 7.89. The van der Waals surface area contributed by atoms with Crippen LogP contribution in [-0.2, 0) is 21.4 Å². The average Bonchev–Trinajstić information content (AvgIpc) is 2.96. The largest absolute Gasteiger partial charge is 0.420 e. The summed E-state index contributed by atoms with van der Waals surface area (Å²) in [5, 5.41) is 2.80. The first kappa shape index (κ1) is 19.6. The van der Waals surface area contributed by atoms with Gasteiger partial charge in [-0.05, 0) is 38.3 Å². The molecule has 27 heavy (non-hydrogen) atoms. The highest BCUT2D eigenvalue weighted by atomic mass is 32.2. The molecule has 1 atom stereocenters. The summed E-state index contributed by atoms with van der Waals surface area (Å²) < 4.78 is 33.5. The zero-order chi connectivity index (χ0) is 19.6. The number of carbonyl (C=O) groups excluding carboxylic acids is 1. The Labute approximate surface area is 158 Å². The van der Waals surface area contributed by atoms with Crippen LogP contribution in [0.2, 0.25) is 0 Å². The molecule has 1 aliphatic rings. The minimum atomic E-state index is -3.62. The number of amides is 1. The predicted octanol–water partition coefficient (Wildman–Crippen LogP) is 1.68. The lowest BCUT2D eigenvalue weighted by Crippen LogP contribution is -2.36. The fourth-order valence-electron chi connectivity index (χ4n) is 3.18. The topological polar surface area (TPSA) is 102 Å². The maximum Gasteiger partial charge on any atom is 0.420 e. The summed E-state index contributed by atoms with van der Waals surface area (Å²) in [6, 6.07) is 4.36. The molecule has 1 aliphatic heterocycles. The summed E-state index contributed by atoms with van der Waals surface area (Å²) in [7, 11) is -3.62. The quantitative estimate of drug-likeness (QED) is 0.802. The lowest BCUT2D eigenvalue weighted by atomic mass is 10.2. The van der Waals surface area contributed by atoms with Gasteiger partial charge in [0.15, 0.2) is 5.58 Å². The molecule has 1 saturated heterocycles. The summed E-state index contributed by atoms with van der Waals surface area (Å²) in [5.41, 5.74) is 0.561. The molecular weight excluding hydrogens is 370 g/mol. The molecule has 0 saturated carbocycles. The van der Waals surface area contributed by atoms with Crippen LogP contribution in [0.3, 0.4) is 0 Å². The van der Waals surface area contributed by atoms with E-state index in [-0.39, 0.29) is 29.0 Å². The van der Waals surface area contributed by atoms with Gasteiger partial charge in [0.25, 0.3) is 0 Å². The van der Waals surface area contributed by atoms with Crippen molar-refractivity contribution in [2.75, 3.05) is 13.1 Å². The predicted molar refractivity (Wildman–Crippen MR) is 101 cm³/mol. The van der Waals surface area contributed by atoms with E-state index in [9.17, 15) is 18.0 Å². The van der Waals surface area contributed by atoms with E-state index in [1.807, 2.05) is 13.8 Å². The summed E-state index contributed by atoms with van der Waals surface area (Å²) >= 11 is 0. The van der Waals surface area contributed by atoms with E-state index in [4.69, 9.17) is 4.42 Å². The van der Waals surface area contributed by atoms with E-state index in [0.717, 1.165) is 25.7 Å². The molecule has 2 aromatic rings. The van der Waals surface area contributed by atoms with Crippen LogP contribution in [0, 0.1) is 0 Å². The third-order valence-electron chi connectivity index (χ3n) is 4.91. The van der Waals surface area contributed by atoms with Crippen molar-refractivity contribution in [3.8, 4) is 0 Å². The molecule has 0 radical (unpaired) electrons. The highest BCUT2D eigenvalue weighted by Crippen LogP contribution is 2.24. The fraction of sp³-hybridized carbons (Fsp3) is 0.556. The van der Waals surface area contributed by atoms with Crippen LogP contribution < -0.4 is 11.1 Å². The van der Waals surface area contributed by atoms with E-state index in [1.165, 1.54) is 27.1 Å². The number of benzene rings is 1. The van der Waals surface area contributed by atoms with Crippen LogP contribution in [0.15, 0.2) is 32.3 Å². The molecule has 1 fully saturated rings. The number of carbonyl (C=O) groups is 1. The van der Waals surface area contributed by atoms with E-state index in [0.29, 0.717) is 18.6 Å². The van der Waals surface area contributed by atoms with Gasteiger partial charge in [0.05, 0.1) is 10.4 Å². The van der Waals surface area contributed by atoms with Crippen molar-refractivity contribution in [3.05, 3.63) is 28.7 Å². The third kappa shape index (κ3) is 4.08. The molecule has 3 rings (SSSR count). The van der Waals surface area contributed by atoms with Crippen LogP contribution in [-0.4, -0.2) is 42.3 Å². The number of oxazole rings is 1. The van der Waals surface area contributed by atoms with Gasteiger partial charge in [0.1, 0.15) is 6.54 Å². The number of sulfonamides is 1. The van der Waals surface area contributed by atoms with Gasteiger partial charge in [-0.2, -0.15) is 4.31 Å². The molecule has 9 heteroatoms. The second-order valence-corrected chi connectivity index (χ2v) is 8.86. The van der Waals surface area contributed by atoms with Crippen LogP contribution in [0.25, 0.3) is 11.1 Å². The minimum absolute atomic E-state index is 0.00709. The Morgan fingerprint density at radius 2 is 1.96 bits per heavy atom. The number of nitrogens with zero attached hydrogens (tertiary/aromatic N) is 2. The number of hydrogen-bond donors (Lipinski definition) is 1. The van der Waals surface area contributed by atoms with E-state index >= 15 is 0 Å². The van der Waals surface area contributed by atoms with Crippen molar-refractivity contribution >= 4 is 27.0 Å². The Hall–Kier alpha value is -2.13. The number of nitrogens with one attached hydrogen (secondary N) is 1. The highest BCUT2D eigenvalue weighted by Gasteiger charge is 2.27. The van der Waals surface area contributed by atoms with Crippen molar-refractivity contribution in [1.29, 1.82) is 0 Å². The Morgan fingerprint density at radius 1 is 1.26 bits per heavy atom. The normalized spacial score (nSPS) is 17.1. The fourth-order valence-corrected chi connectivity index (χ4v) is 4.71. The monoisotopic (exact) mass is 395 g/mol. The lowest BCUT2D eigenvalue weighted by molar-refractivity contribution is -0.122. The Bertz CT molecular complexity index is 986. The molecule has 148 valence electrons. The third-order valence-corrected chi connectivity index (χ3v) is 6.81. The van der Waals surface area contributed by atoms with Crippen molar-refractivity contribution in [1.82, 2.24) is 14.2 Å². The molecule has 1 aromatic heterocycles. The standard InChI is InChI=1S/C18H25N3O5S/c1-3-13(2)19-17(22)12-21-15-8-7-14(11-16(15)26-18(21)23)27(24,25)20-9-5-4-6-10-20/h7-8,11,13H,3-6,9-10,12H2,1-2H3,(H,19,22)/t13-/m0/s1. The Morgan fingerprint density at radius 3 is 2.63 bits per heavy atom. The van der Waals surface area contributed by atoms with Crippen LogP contribution in [0.1, 0.15) is 39.5 Å². The zero-order valence-corrected chi connectivity index (χ0v) is 16.4. The van der Waals surface area contributed by atoms with Gasteiger partial charge in [-0.25, -0.2) is 13.2 Å². The first-order chi connectivity index (χ1) is 12.8. The van der Waals surface area contributed by atoms with Gasteiger partial charge in [-0.15, -0.1) is 0 Å². The van der Waals surface area contributed by atoms with Crippen molar-refractivity contribution in [2.24, 2.45) is 0 Å². The molecule has 1 amide bonds. The molecule has 0 spiro atoms. The molecule has 8 nitrogen and oxygen atoms in total. The lowest BCUT2D eigenvalue weighted by Gasteiger charge is -2.25. The maximum absolute atomic E-state index is 12.8. The Balaban J connectivity index is 1.89. The van der Waals surface area contributed by atoms with Crippen LogP contribution in [0.5, 0.6) is 0 Å². The first-order valence-electron chi connectivity index (χ1n) is 9.26. The van der Waals surface area contributed by atoms with Crippen LogP contribution >= 0.6 is 0 Å². The Kier molecular flexibility index (Phi) is 5.71. The van der Waals surface area contributed by atoms with Crippen molar-refractivity contribution < 1.29 is 17.6 Å². The second-order valence-electron chi connectivity index (χ2n) is 6.93. The van der Waals surface area contributed by atoms with Crippen molar-refractivity contribution in [3.63, 3.8) is 0 Å². The van der Waals surface area contributed by atoms with E-state index in [2.05, 4.69) is 5.32 Å². The van der Waals surface area contributed by atoms with Gasteiger partial charge >= 0.3 is 5.76 Å². The van der Waals surface area contributed by atoms with Crippen LogP contribution in [0.4, 0.5) is 0 Å². The number of aromatic nitrogens is 1. The number of fused-ring (bicyclic) bond motifs is 1. The van der Waals surface area contributed by atoms with Gasteiger partial charge < -0.3 is 9.73 Å². The van der Waals surface area contributed by atoms with Crippen molar-refractivity contribution in [2.45, 2.75) is 57.0 Å². The van der Waals surface area contributed by atoms with E-state index < -0.39 is 15.8 Å². The van der Waals surface area contributed by atoms with Gasteiger partial charge in [0, 0.05) is 25.2 Å². The number of hydrogen-bond acceptors (Lipinski definition) is 5. The summed E-state index contributed by atoms with van der Waals surface area (Å²) in [4.78, 5) is 24.3. The zero-order valence-electron chi connectivity index (χ0n) is 15.6. The molecular formula is C18H25N3O5S. The van der Waals surface area contributed by atoms with E-state index in [1.54, 1.807) is 0 Å². The minimum Gasteiger partial charge on any atom is -0.408 e. The first-order valence-corrected chi connectivity index (χ1v) is 10.7. The molecule has 0 aliphatic carbocycles. The smallest absolute Gasteiger partial charge is 0.408 e. The average molecular weight is 395 g/mol. The summed E-state index contributed by atoms with van der Waals surface area (Å²) in [6.45, 7) is 4.66. The SMILES string of the molecule is CC[C@H](C)NC(=O)Cn1c(=O)oc2cc(S(=O)(=O)N3CCCCC3)ccc21. The molecule has 2 heterocycles. The molecule has 1 aromatic carbocycles. The molecule has 0 unspecified atom stereocenters. The number of rotatable bonds is 6. The maximum atomic E-state index is 12.8. The van der Waals surface area contributed by atoms with Gasteiger partial charge in [-0.3, -0.25) is 9.36 Å². The molecule has 1 N–H and O–H groups in total. The summed E-state index contributed by atoms with van der Waals surface area (Å²) in [5.74, 6) is -0.976. The molecule has 0 bridgehead atoms.